The van der Waals surface area contributed by atoms with Crippen molar-refractivity contribution in [3.05, 3.63) is 45.9 Å². The monoisotopic (exact) mass is 232 g/mol. The molecule has 0 unspecified atom stereocenters. The molecule has 0 saturated heterocycles. The van der Waals surface area contributed by atoms with Crippen molar-refractivity contribution in [2.24, 2.45) is 7.05 Å². The number of carbonyl (C=O) groups is 1. The average Bonchev–Trinajstić information content (AvgIpc) is 2.89. The largest absolute Gasteiger partial charge is 0.288 e. The lowest BCUT2D eigenvalue weighted by atomic mass is 10.2. The Kier molecular flexibility index (Phi) is 3.01. The fourth-order valence-electron chi connectivity index (χ4n) is 1.35. The molecule has 4 heteroatoms. The van der Waals surface area contributed by atoms with Gasteiger partial charge in [0.05, 0.1) is 11.1 Å². The summed E-state index contributed by atoms with van der Waals surface area (Å²) in [5.74, 6) is 0.0400. The molecule has 0 atom stereocenters. The molecule has 0 aliphatic carbocycles. The average molecular weight is 232 g/mol. The van der Waals surface area contributed by atoms with Crippen molar-refractivity contribution in [1.82, 2.24) is 9.78 Å². The minimum atomic E-state index is 0.0400. The van der Waals surface area contributed by atoms with Gasteiger partial charge in [0.15, 0.2) is 5.78 Å². The van der Waals surface area contributed by atoms with Gasteiger partial charge in [0, 0.05) is 18.3 Å². The maximum Gasteiger partial charge on any atom is 0.195 e. The van der Waals surface area contributed by atoms with E-state index in [1.807, 2.05) is 37.6 Å². The molecular formula is C12H12N2OS. The van der Waals surface area contributed by atoms with E-state index in [-0.39, 0.29) is 5.78 Å². The van der Waals surface area contributed by atoms with E-state index in [0.717, 1.165) is 16.1 Å². The van der Waals surface area contributed by atoms with Crippen molar-refractivity contribution in [1.29, 1.82) is 0 Å². The van der Waals surface area contributed by atoms with Crippen molar-refractivity contribution in [2.75, 3.05) is 0 Å². The van der Waals surface area contributed by atoms with E-state index < -0.39 is 0 Å². The summed E-state index contributed by atoms with van der Waals surface area (Å²) in [5, 5.41) is 6.01. The third kappa shape index (κ3) is 2.12. The minimum absolute atomic E-state index is 0.0400. The van der Waals surface area contributed by atoms with Gasteiger partial charge in [0.2, 0.25) is 0 Å². The molecule has 0 saturated carbocycles. The van der Waals surface area contributed by atoms with E-state index >= 15 is 0 Å². The molecule has 0 radical (unpaired) electrons. The van der Waals surface area contributed by atoms with E-state index in [2.05, 4.69) is 5.10 Å². The standard InChI is InChI=1S/C12H12N2OS/c1-9-10(8-13-14(9)2)5-6-11(15)12-4-3-7-16-12/h3-8H,1-2H3. The van der Waals surface area contributed by atoms with Gasteiger partial charge in [-0.25, -0.2) is 0 Å². The number of nitrogens with zero attached hydrogens (tertiary/aromatic N) is 2. The van der Waals surface area contributed by atoms with Crippen LogP contribution in [-0.4, -0.2) is 15.6 Å². The third-order valence-electron chi connectivity index (χ3n) is 2.45. The molecule has 82 valence electrons. The van der Waals surface area contributed by atoms with Crippen LogP contribution in [0.3, 0.4) is 0 Å². The predicted molar refractivity (Wildman–Crippen MR) is 65.6 cm³/mol. The highest BCUT2D eigenvalue weighted by molar-refractivity contribution is 7.12. The molecule has 0 amide bonds. The van der Waals surface area contributed by atoms with Crippen LogP contribution in [0.2, 0.25) is 0 Å². The van der Waals surface area contributed by atoms with E-state index in [1.165, 1.54) is 11.3 Å². The van der Waals surface area contributed by atoms with Gasteiger partial charge in [0.1, 0.15) is 0 Å². The molecule has 2 aromatic rings. The molecule has 0 aliphatic rings. The van der Waals surface area contributed by atoms with Crippen LogP contribution >= 0.6 is 11.3 Å². The summed E-state index contributed by atoms with van der Waals surface area (Å²) >= 11 is 1.45. The van der Waals surface area contributed by atoms with Crippen molar-refractivity contribution in [3.8, 4) is 0 Å². The van der Waals surface area contributed by atoms with Crippen molar-refractivity contribution in [3.63, 3.8) is 0 Å². The molecule has 0 aromatic carbocycles. The number of hydrogen-bond donors (Lipinski definition) is 0. The number of allylic oxidation sites excluding steroid dienone is 1. The van der Waals surface area contributed by atoms with Crippen LogP contribution in [0.25, 0.3) is 6.08 Å². The molecule has 2 rings (SSSR count). The van der Waals surface area contributed by atoms with Crippen LogP contribution in [0.15, 0.2) is 29.8 Å². The molecule has 0 N–H and O–H groups in total. The number of aromatic nitrogens is 2. The normalized spacial score (nSPS) is 11.1. The number of aryl methyl sites for hydroxylation is 1. The molecule has 2 aromatic heterocycles. The summed E-state index contributed by atoms with van der Waals surface area (Å²) in [7, 11) is 1.88. The van der Waals surface area contributed by atoms with Gasteiger partial charge in [-0.15, -0.1) is 11.3 Å². The van der Waals surface area contributed by atoms with Crippen LogP contribution in [0.5, 0.6) is 0 Å². The lowest BCUT2D eigenvalue weighted by Crippen LogP contribution is -1.92. The van der Waals surface area contributed by atoms with Crippen LogP contribution in [0.4, 0.5) is 0 Å². The van der Waals surface area contributed by atoms with Crippen molar-refractivity contribution < 1.29 is 4.79 Å². The topological polar surface area (TPSA) is 34.9 Å². The van der Waals surface area contributed by atoms with Gasteiger partial charge < -0.3 is 0 Å². The number of ketones is 1. The Morgan fingerprint density at radius 3 is 2.94 bits per heavy atom. The lowest BCUT2D eigenvalue weighted by molar-refractivity contribution is 0.105. The highest BCUT2D eigenvalue weighted by Crippen LogP contribution is 2.12. The maximum atomic E-state index is 11.7. The van der Waals surface area contributed by atoms with Crippen LogP contribution in [0.1, 0.15) is 20.9 Å². The fraction of sp³-hybridized carbons (Fsp3) is 0.167. The zero-order chi connectivity index (χ0) is 11.5. The van der Waals surface area contributed by atoms with Gasteiger partial charge in [-0.2, -0.15) is 5.10 Å². The highest BCUT2D eigenvalue weighted by atomic mass is 32.1. The molecular weight excluding hydrogens is 220 g/mol. The molecule has 16 heavy (non-hydrogen) atoms. The molecule has 2 heterocycles. The SMILES string of the molecule is Cc1c(C=CC(=O)c2cccs2)cnn1C. The molecule has 3 nitrogen and oxygen atoms in total. The molecule has 0 aliphatic heterocycles. The molecule has 0 spiro atoms. The first kappa shape index (κ1) is 10.8. The van der Waals surface area contributed by atoms with E-state index in [4.69, 9.17) is 0 Å². The van der Waals surface area contributed by atoms with Crippen molar-refractivity contribution >= 4 is 23.2 Å². The fourth-order valence-corrected chi connectivity index (χ4v) is 1.99. The van der Waals surface area contributed by atoms with Gasteiger partial charge in [-0.05, 0) is 30.5 Å². The quantitative estimate of drug-likeness (QED) is 0.602. The molecule has 0 bridgehead atoms. The Bertz CT molecular complexity index is 523. The number of thiophene rings is 1. The number of rotatable bonds is 3. The van der Waals surface area contributed by atoms with Crippen LogP contribution in [-0.2, 0) is 7.05 Å². The lowest BCUT2D eigenvalue weighted by Gasteiger charge is -1.93. The Morgan fingerprint density at radius 1 is 1.56 bits per heavy atom. The summed E-state index contributed by atoms with van der Waals surface area (Å²) in [6.07, 6.45) is 5.16. The van der Waals surface area contributed by atoms with E-state index in [9.17, 15) is 4.79 Å². The summed E-state index contributed by atoms with van der Waals surface area (Å²) in [6, 6.07) is 3.70. The van der Waals surface area contributed by atoms with Gasteiger partial charge in [-0.1, -0.05) is 6.07 Å². The first-order chi connectivity index (χ1) is 7.68. The summed E-state index contributed by atoms with van der Waals surface area (Å²) in [5.41, 5.74) is 2.03. The smallest absolute Gasteiger partial charge is 0.195 e. The van der Waals surface area contributed by atoms with Gasteiger partial charge in [-0.3, -0.25) is 9.48 Å². The first-order valence-electron chi connectivity index (χ1n) is 4.93. The maximum absolute atomic E-state index is 11.7. The number of carbonyl (C=O) groups excluding carboxylic acids is 1. The second-order valence-corrected chi connectivity index (χ2v) is 4.43. The molecule has 0 fully saturated rings. The zero-order valence-electron chi connectivity index (χ0n) is 9.18. The highest BCUT2D eigenvalue weighted by Gasteiger charge is 2.03. The second kappa shape index (κ2) is 4.45. The second-order valence-electron chi connectivity index (χ2n) is 3.48. The van der Waals surface area contributed by atoms with E-state index in [0.29, 0.717) is 0 Å². The summed E-state index contributed by atoms with van der Waals surface area (Å²) in [6.45, 7) is 1.97. The van der Waals surface area contributed by atoms with Gasteiger partial charge >= 0.3 is 0 Å². The summed E-state index contributed by atoms with van der Waals surface area (Å²) in [4.78, 5) is 12.5. The Balaban J connectivity index is 2.16. The zero-order valence-corrected chi connectivity index (χ0v) is 9.99. The Labute approximate surface area is 98.0 Å². The van der Waals surface area contributed by atoms with Crippen molar-refractivity contribution in [2.45, 2.75) is 6.92 Å². The van der Waals surface area contributed by atoms with Crippen LogP contribution in [0, 0.1) is 6.92 Å². The van der Waals surface area contributed by atoms with E-state index in [1.54, 1.807) is 17.0 Å². The predicted octanol–water partition coefficient (Wildman–Crippen LogP) is 2.69. The minimum Gasteiger partial charge on any atom is -0.288 e. The van der Waals surface area contributed by atoms with Gasteiger partial charge in [0.25, 0.3) is 0 Å². The third-order valence-corrected chi connectivity index (χ3v) is 3.34. The van der Waals surface area contributed by atoms with Crippen LogP contribution < -0.4 is 0 Å². The summed E-state index contributed by atoms with van der Waals surface area (Å²) < 4.78 is 1.79. The Hall–Kier alpha value is -1.68. The first-order valence-corrected chi connectivity index (χ1v) is 5.81. The number of hydrogen-bond acceptors (Lipinski definition) is 3. The Morgan fingerprint density at radius 2 is 2.38 bits per heavy atom.